The van der Waals surface area contributed by atoms with Gasteiger partial charge in [0.2, 0.25) is 0 Å². The first-order chi connectivity index (χ1) is 8.61. The zero-order valence-electron chi connectivity index (χ0n) is 10.6. The van der Waals surface area contributed by atoms with Crippen LogP contribution in [0.4, 0.5) is 4.39 Å². The third-order valence-corrected chi connectivity index (χ3v) is 4.54. The van der Waals surface area contributed by atoms with Crippen LogP contribution >= 0.6 is 15.9 Å². The van der Waals surface area contributed by atoms with E-state index in [0.29, 0.717) is 10.4 Å². The molecule has 0 spiro atoms. The van der Waals surface area contributed by atoms with Crippen LogP contribution in [-0.2, 0) is 0 Å². The van der Waals surface area contributed by atoms with Crippen LogP contribution in [0.15, 0.2) is 22.7 Å². The Labute approximate surface area is 116 Å². The van der Waals surface area contributed by atoms with E-state index >= 15 is 0 Å². The smallest absolute Gasteiger partial charge is 0.137 e. The molecule has 1 aliphatic rings. The summed E-state index contributed by atoms with van der Waals surface area (Å²) in [5.41, 5.74) is 3.97. The molecule has 4 heteroatoms. The molecule has 0 heterocycles. The molecule has 0 aliphatic heterocycles. The molecule has 1 aromatic carbocycles. The number of rotatable bonds is 3. The highest BCUT2D eigenvalue weighted by Crippen LogP contribution is 2.37. The summed E-state index contributed by atoms with van der Waals surface area (Å²) in [6, 6.07) is 5.27. The Kier molecular flexibility index (Phi) is 4.76. The molecule has 3 atom stereocenters. The predicted molar refractivity (Wildman–Crippen MR) is 75.3 cm³/mol. The van der Waals surface area contributed by atoms with E-state index < -0.39 is 0 Å². The molecule has 1 fully saturated rings. The van der Waals surface area contributed by atoms with Crippen molar-refractivity contribution in [2.24, 2.45) is 17.7 Å². The SMILES string of the molecule is CC1CCCC(C(NN)c2ccc(F)c(Br)c2)C1. The minimum absolute atomic E-state index is 0.115. The molecule has 1 aromatic rings. The van der Waals surface area contributed by atoms with Crippen LogP contribution in [0.5, 0.6) is 0 Å². The van der Waals surface area contributed by atoms with E-state index in [2.05, 4.69) is 28.3 Å². The Bertz CT molecular complexity index is 411. The fraction of sp³-hybridized carbons (Fsp3) is 0.571. The summed E-state index contributed by atoms with van der Waals surface area (Å²) in [6.45, 7) is 2.29. The summed E-state index contributed by atoms with van der Waals surface area (Å²) in [4.78, 5) is 0. The second-order valence-corrected chi connectivity index (χ2v) is 6.20. The topological polar surface area (TPSA) is 38.0 Å². The first-order valence-corrected chi connectivity index (χ1v) is 7.32. The third-order valence-electron chi connectivity index (χ3n) is 3.93. The van der Waals surface area contributed by atoms with Gasteiger partial charge in [-0.15, -0.1) is 0 Å². The second kappa shape index (κ2) is 6.13. The van der Waals surface area contributed by atoms with Crippen molar-refractivity contribution in [2.45, 2.75) is 38.6 Å². The number of benzene rings is 1. The molecule has 2 nitrogen and oxygen atoms in total. The first-order valence-electron chi connectivity index (χ1n) is 6.53. The molecule has 3 unspecified atom stereocenters. The van der Waals surface area contributed by atoms with Gasteiger partial charge in [-0.1, -0.05) is 25.8 Å². The summed E-state index contributed by atoms with van der Waals surface area (Å²) in [6.07, 6.45) is 4.94. The highest BCUT2D eigenvalue weighted by atomic mass is 79.9. The molecule has 0 radical (unpaired) electrons. The predicted octanol–water partition coefficient (Wildman–Crippen LogP) is 3.92. The van der Waals surface area contributed by atoms with Gasteiger partial charge in [0.1, 0.15) is 5.82 Å². The Morgan fingerprint density at radius 2 is 2.22 bits per heavy atom. The van der Waals surface area contributed by atoms with Gasteiger partial charge < -0.3 is 0 Å². The van der Waals surface area contributed by atoms with E-state index in [9.17, 15) is 4.39 Å². The zero-order valence-corrected chi connectivity index (χ0v) is 12.2. The maximum atomic E-state index is 13.3. The Morgan fingerprint density at radius 3 is 2.83 bits per heavy atom. The molecule has 2 rings (SSSR count). The fourth-order valence-corrected chi connectivity index (χ4v) is 3.39. The van der Waals surface area contributed by atoms with Crippen LogP contribution in [0, 0.1) is 17.7 Å². The van der Waals surface area contributed by atoms with Crippen molar-refractivity contribution in [1.82, 2.24) is 5.43 Å². The van der Waals surface area contributed by atoms with Gasteiger partial charge in [0.15, 0.2) is 0 Å². The summed E-state index contributed by atoms with van der Waals surface area (Å²) < 4.78 is 13.8. The van der Waals surface area contributed by atoms with Gasteiger partial charge >= 0.3 is 0 Å². The lowest BCUT2D eigenvalue weighted by molar-refractivity contribution is 0.224. The van der Waals surface area contributed by atoms with Crippen LogP contribution in [-0.4, -0.2) is 0 Å². The Morgan fingerprint density at radius 1 is 1.44 bits per heavy atom. The maximum Gasteiger partial charge on any atom is 0.137 e. The lowest BCUT2D eigenvalue weighted by Gasteiger charge is -2.33. The summed E-state index contributed by atoms with van der Waals surface area (Å²) >= 11 is 3.24. The van der Waals surface area contributed by atoms with Gasteiger partial charge in [-0.2, -0.15) is 0 Å². The van der Waals surface area contributed by atoms with Crippen LogP contribution in [0.2, 0.25) is 0 Å². The van der Waals surface area contributed by atoms with Gasteiger partial charge in [-0.25, -0.2) is 4.39 Å². The molecule has 0 aromatic heterocycles. The van der Waals surface area contributed by atoms with E-state index in [0.717, 1.165) is 11.5 Å². The van der Waals surface area contributed by atoms with E-state index in [1.165, 1.54) is 31.7 Å². The molecular formula is C14H20BrFN2. The summed E-state index contributed by atoms with van der Waals surface area (Å²) in [5.74, 6) is 6.77. The van der Waals surface area contributed by atoms with E-state index in [1.54, 1.807) is 0 Å². The van der Waals surface area contributed by atoms with Crippen LogP contribution in [0.25, 0.3) is 0 Å². The maximum absolute atomic E-state index is 13.3. The van der Waals surface area contributed by atoms with Crippen LogP contribution < -0.4 is 11.3 Å². The number of halogens is 2. The number of hydrogen-bond acceptors (Lipinski definition) is 2. The van der Waals surface area contributed by atoms with Crippen molar-refractivity contribution < 1.29 is 4.39 Å². The summed E-state index contributed by atoms with van der Waals surface area (Å²) in [7, 11) is 0. The number of nitrogens with two attached hydrogens (primary N) is 1. The monoisotopic (exact) mass is 314 g/mol. The van der Waals surface area contributed by atoms with Crippen molar-refractivity contribution in [3.8, 4) is 0 Å². The second-order valence-electron chi connectivity index (χ2n) is 5.35. The van der Waals surface area contributed by atoms with Crippen LogP contribution in [0.3, 0.4) is 0 Å². The van der Waals surface area contributed by atoms with E-state index in [4.69, 9.17) is 5.84 Å². The van der Waals surface area contributed by atoms with Gasteiger partial charge in [0.25, 0.3) is 0 Å². The molecule has 1 aliphatic carbocycles. The molecule has 0 amide bonds. The number of nitrogens with one attached hydrogen (secondary N) is 1. The average Bonchev–Trinajstić information content (AvgIpc) is 2.35. The quantitative estimate of drug-likeness (QED) is 0.655. The third kappa shape index (κ3) is 3.11. The molecule has 100 valence electrons. The lowest BCUT2D eigenvalue weighted by atomic mass is 9.77. The van der Waals surface area contributed by atoms with Gasteiger partial charge in [0, 0.05) is 6.04 Å². The Balaban J connectivity index is 2.18. The highest BCUT2D eigenvalue weighted by molar-refractivity contribution is 9.10. The lowest BCUT2D eigenvalue weighted by Crippen LogP contribution is -2.35. The van der Waals surface area contributed by atoms with Crippen molar-refractivity contribution in [1.29, 1.82) is 0 Å². The zero-order chi connectivity index (χ0) is 13.1. The molecule has 3 N–H and O–H groups in total. The minimum Gasteiger partial charge on any atom is -0.271 e. The Hall–Kier alpha value is -0.450. The fourth-order valence-electron chi connectivity index (χ4n) is 2.99. The molecule has 0 bridgehead atoms. The standard InChI is InChI=1S/C14H20BrFN2/c1-9-3-2-4-10(7-9)14(18-17)11-5-6-13(16)12(15)8-11/h5-6,8-10,14,18H,2-4,7,17H2,1H3. The van der Waals surface area contributed by atoms with Crippen molar-refractivity contribution in [3.63, 3.8) is 0 Å². The number of hydrazine groups is 1. The molecule has 18 heavy (non-hydrogen) atoms. The van der Waals surface area contributed by atoms with Gasteiger partial charge in [-0.05, 0) is 58.3 Å². The average molecular weight is 315 g/mol. The highest BCUT2D eigenvalue weighted by Gasteiger charge is 2.27. The largest absolute Gasteiger partial charge is 0.271 e. The van der Waals surface area contributed by atoms with Gasteiger partial charge in [-0.3, -0.25) is 11.3 Å². The molecule has 1 saturated carbocycles. The van der Waals surface area contributed by atoms with Gasteiger partial charge in [0.05, 0.1) is 4.47 Å². The van der Waals surface area contributed by atoms with E-state index in [1.807, 2.05) is 12.1 Å². The minimum atomic E-state index is -0.230. The van der Waals surface area contributed by atoms with E-state index in [-0.39, 0.29) is 11.9 Å². The summed E-state index contributed by atoms with van der Waals surface area (Å²) in [5, 5.41) is 0. The normalized spacial score (nSPS) is 26.0. The van der Waals surface area contributed by atoms with Crippen molar-refractivity contribution in [2.75, 3.05) is 0 Å². The first kappa shape index (κ1) is 14.0. The van der Waals surface area contributed by atoms with Crippen molar-refractivity contribution >= 4 is 15.9 Å². The number of hydrogen-bond donors (Lipinski definition) is 2. The van der Waals surface area contributed by atoms with Crippen molar-refractivity contribution in [3.05, 3.63) is 34.1 Å². The van der Waals surface area contributed by atoms with Crippen LogP contribution in [0.1, 0.15) is 44.2 Å². The molecular weight excluding hydrogens is 295 g/mol. The molecule has 0 saturated heterocycles.